The Balaban J connectivity index is 1.42. The van der Waals surface area contributed by atoms with Crippen molar-refractivity contribution >= 4 is 28.3 Å². The molecule has 0 fully saturated rings. The Labute approximate surface area is 153 Å². The molecule has 0 saturated heterocycles. The highest BCUT2D eigenvalue weighted by molar-refractivity contribution is 7.14. The summed E-state index contributed by atoms with van der Waals surface area (Å²) in [6, 6.07) is 9.21. The van der Waals surface area contributed by atoms with Crippen molar-refractivity contribution in [3.05, 3.63) is 59.6 Å². The number of furan rings is 1. The number of aromatic nitrogens is 1. The summed E-state index contributed by atoms with van der Waals surface area (Å²) in [6.07, 6.45) is 2.18. The third kappa shape index (κ3) is 4.76. The minimum absolute atomic E-state index is 0.183. The summed E-state index contributed by atoms with van der Waals surface area (Å²) >= 11 is 1.30. The molecule has 0 aliphatic rings. The topological polar surface area (TPSA) is 84.2 Å². The largest absolute Gasteiger partial charge is 0.459 e. The van der Waals surface area contributed by atoms with Gasteiger partial charge >= 0.3 is 0 Å². The van der Waals surface area contributed by atoms with E-state index >= 15 is 0 Å². The molecule has 2 aromatic heterocycles. The summed E-state index contributed by atoms with van der Waals surface area (Å²) in [4.78, 5) is 27.9. The van der Waals surface area contributed by atoms with E-state index in [2.05, 4.69) is 15.6 Å². The summed E-state index contributed by atoms with van der Waals surface area (Å²) < 4.78 is 17.9. The molecule has 0 atom stereocenters. The summed E-state index contributed by atoms with van der Waals surface area (Å²) in [5.74, 6) is -0.557. The molecule has 0 saturated carbocycles. The quantitative estimate of drug-likeness (QED) is 0.619. The van der Waals surface area contributed by atoms with Crippen LogP contribution in [0.5, 0.6) is 0 Å². The maximum Gasteiger partial charge on any atom is 0.286 e. The first-order valence-corrected chi connectivity index (χ1v) is 8.83. The van der Waals surface area contributed by atoms with Crippen molar-refractivity contribution in [1.82, 2.24) is 10.3 Å². The lowest BCUT2D eigenvalue weighted by molar-refractivity contribution is -0.116. The summed E-state index contributed by atoms with van der Waals surface area (Å²) in [5.41, 5.74) is 1.46. The van der Waals surface area contributed by atoms with Crippen LogP contribution in [0.2, 0.25) is 0 Å². The van der Waals surface area contributed by atoms with Gasteiger partial charge in [0.05, 0.1) is 12.0 Å². The second-order valence-corrected chi connectivity index (χ2v) is 6.29. The average Bonchev–Trinajstić information content (AvgIpc) is 3.31. The zero-order valence-electron chi connectivity index (χ0n) is 13.7. The molecule has 26 heavy (non-hydrogen) atoms. The van der Waals surface area contributed by atoms with Gasteiger partial charge in [0.2, 0.25) is 5.91 Å². The molecule has 2 amide bonds. The molecule has 2 N–H and O–H groups in total. The molecular formula is C18H16FN3O3S. The molecule has 8 heteroatoms. The maximum absolute atomic E-state index is 13.0. The van der Waals surface area contributed by atoms with Crippen LogP contribution in [0, 0.1) is 5.82 Å². The van der Waals surface area contributed by atoms with Crippen LogP contribution in [0.25, 0.3) is 11.3 Å². The van der Waals surface area contributed by atoms with E-state index < -0.39 is 0 Å². The zero-order chi connectivity index (χ0) is 18.4. The normalized spacial score (nSPS) is 10.5. The van der Waals surface area contributed by atoms with E-state index in [1.165, 1.54) is 29.7 Å². The van der Waals surface area contributed by atoms with Crippen molar-refractivity contribution in [1.29, 1.82) is 0 Å². The maximum atomic E-state index is 13.0. The Kier molecular flexibility index (Phi) is 5.75. The molecular weight excluding hydrogens is 357 g/mol. The minimum Gasteiger partial charge on any atom is -0.459 e. The van der Waals surface area contributed by atoms with E-state index in [9.17, 15) is 14.0 Å². The van der Waals surface area contributed by atoms with Gasteiger partial charge in [0.15, 0.2) is 10.9 Å². The number of anilines is 1. The Bertz CT molecular complexity index is 875. The highest BCUT2D eigenvalue weighted by atomic mass is 32.1. The van der Waals surface area contributed by atoms with Gasteiger partial charge in [-0.1, -0.05) is 0 Å². The lowest BCUT2D eigenvalue weighted by Gasteiger charge is -2.03. The molecule has 2 heterocycles. The summed E-state index contributed by atoms with van der Waals surface area (Å²) in [7, 11) is 0. The number of nitrogens with one attached hydrogen (secondary N) is 2. The van der Waals surface area contributed by atoms with Crippen molar-refractivity contribution in [3.8, 4) is 11.3 Å². The van der Waals surface area contributed by atoms with Crippen LogP contribution >= 0.6 is 11.3 Å². The molecule has 3 aromatic rings. The molecule has 0 spiro atoms. The summed E-state index contributed by atoms with van der Waals surface area (Å²) in [5, 5.41) is 7.68. The molecule has 6 nitrogen and oxygen atoms in total. The van der Waals surface area contributed by atoms with Crippen LogP contribution in [0.3, 0.4) is 0 Å². The van der Waals surface area contributed by atoms with E-state index in [1.807, 2.05) is 0 Å². The lowest BCUT2D eigenvalue weighted by atomic mass is 10.2. The van der Waals surface area contributed by atoms with Crippen molar-refractivity contribution < 1.29 is 18.4 Å². The molecule has 0 unspecified atom stereocenters. The van der Waals surface area contributed by atoms with E-state index in [-0.39, 0.29) is 29.8 Å². The van der Waals surface area contributed by atoms with Crippen LogP contribution in [0.15, 0.2) is 52.5 Å². The van der Waals surface area contributed by atoms with Crippen molar-refractivity contribution in [2.24, 2.45) is 0 Å². The molecule has 0 bridgehead atoms. The van der Waals surface area contributed by atoms with Crippen LogP contribution in [0.1, 0.15) is 23.4 Å². The van der Waals surface area contributed by atoms with Crippen molar-refractivity contribution in [3.63, 3.8) is 0 Å². The monoisotopic (exact) mass is 373 g/mol. The van der Waals surface area contributed by atoms with Gasteiger partial charge in [-0.3, -0.25) is 9.59 Å². The number of halogens is 1. The van der Waals surface area contributed by atoms with Gasteiger partial charge in [-0.05, 0) is 42.8 Å². The SMILES string of the molecule is O=C(CCCNC(=O)c1ccco1)Nc1nc(-c2ccc(F)cc2)cs1. The number of benzene rings is 1. The van der Waals surface area contributed by atoms with E-state index in [0.717, 1.165) is 5.56 Å². The first kappa shape index (κ1) is 17.8. The number of rotatable bonds is 7. The number of amides is 2. The van der Waals surface area contributed by atoms with Gasteiger partial charge in [0.25, 0.3) is 5.91 Å². The van der Waals surface area contributed by atoms with Gasteiger partial charge in [-0.15, -0.1) is 11.3 Å². The van der Waals surface area contributed by atoms with Crippen LogP contribution in [-0.4, -0.2) is 23.3 Å². The summed E-state index contributed by atoms with van der Waals surface area (Å²) in [6.45, 7) is 0.367. The number of carbonyl (C=O) groups is 2. The predicted molar refractivity (Wildman–Crippen MR) is 96.4 cm³/mol. The van der Waals surface area contributed by atoms with Gasteiger partial charge < -0.3 is 15.1 Å². The van der Waals surface area contributed by atoms with E-state index in [0.29, 0.717) is 23.8 Å². The Morgan fingerprint density at radius 2 is 2.00 bits per heavy atom. The zero-order valence-corrected chi connectivity index (χ0v) is 14.5. The van der Waals surface area contributed by atoms with Gasteiger partial charge in [0.1, 0.15) is 5.82 Å². The van der Waals surface area contributed by atoms with Crippen molar-refractivity contribution in [2.45, 2.75) is 12.8 Å². The average molecular weight is 373 g/mol. The Morgan fingerprint density at radius 3 is 2.73 bits per heavy atom. The van der Waals surface area contributed by atoms with Gasteiger partial charge in [-0.25, -0.2) is 9.37 Å². The van der Waals surface area contributed by atoms with Gasteiger partial charge in [0, 0.05) is 23.9 Å². The van der Waals surface area contributed by atoms with Crippen LogP contribution in [0.4, 0.5) is 9.52 Å². The number of hydrogen-bond acceptors (Lipinski definition) is 5. The molecule has 0 aliphatic carbocycles. The first-order valence-electron chi connectivity index (χ1n) is 7.95. The molecule has 3 rings (SSSR count). The van der Waals surface area contributed by atoms with Crippen molar-refractivity contribution in [2.75, 3.05) is 11.9 Å². The first-order chi connectivity index (χ1) is 12.6. The number of hydrogen-bond donors (Lipinski definition) is 2. The molecule has 0 aliphatic heterocycles. The third-order valence-corrected chi connectivity index (χ3v) is 4.26. The van der Waals surface area contributed by atoms with Crippen LogP contribution in [-0.2, 0) is 4.79 Å². The molecule has 0 radical (unpaired) electrons. The smallest absolute Gasteiger partial charge is 0.286 e. The number of thiazole rings is 1. The second-order valence-electron chi connectivity index (χ2n) is 5.43. The Morgan fingerprint density at radius 1 is 1.19 bits per heavy atom. The second kappa shape index (κ2) is 8.39. The number of carbonyl (C=O) groups excluding carboxylic acids is 2. The fourth-order valence-electron chi connectivity index (χ4n) is 2.21. The Hall–Kier alpha value is -3.00. The molecule has 134 valence electrons. The van der Waals surface area contributed by atoms with Crippen LogP contribution < -0.4 is 10.6 Å². The third-order valence-electron chi connectivity index (χ3n) is 3.50. The van der Waals surface area contributed by atoms with Gasteiger partial charge in [-0.2, -0.15) is 0 Å². The highest BCUT2D eigenvalue weighted by Gasteiger charge is 2.10. The molecule has 1 aromatic carbocycles. The lowest BCUT2D eigenvalue weighted by Crippen LogP contribution is -2.25. The highest BCUT2D eigenvalue weighted by Crippen LogP contribution is 2.25. The van der Waals surface area contributed by atoms with E-state index in [1.54, 1.807) is 29.6 Å². The standard InChI is InChI=1S/C18H16FN3O3S/c19-13-7-5-12(6-8-13)14-11-26-18(21-14)22-16(23)4-1-9-20-17(24)15-3-2-10-25-15/h2-3,5-8,10-11H,1,4,9H2,(H,20,24)(H,21,22,23). The fraction of sp³-hybridized carbons (Fsp3) is 0.167. The van der Waals surface area contributed by atoms with E-state index in [4.69, 9.17) is 4.42 Å². The fourth-order valence-corrected chi connectivity index (χ4v) is 2.95. The number of nitrogens with zero attached hydrogens (tertiary/aromatic N) is 1. The minimum atomic E-state index is -0.309. The predicted octanol–water partition coefficient (Wildman–Crippen LogP) is 3.69.